The third-order valence-corrected chi connectivity index (χ3v) is 4.96. The smallest absolute Gasteiger partial charge is 0.257 e. The zero-order valence-corrected chi connectivity index (χ0v) is 16.3. The Kier molecular flexibility index (Phi) is 6.09. The Balaban J connectivity index is 2.00. The summed E-state index contributed by atoms with van der Waals surface area (Å²) in [5.41, 5.74) is 5.76. The van der Waals surface area contributed by atoms with E-state index in [2.05, 4.69) is 21.2 Å². The van der Waals surface area contributed by atoms with Crippen LogP contribution in [0.3, 0.4) is 0 Å². The third kappa shape index (κ3) is 4.52. The number of nitrogens with one attached hydrogen (secondary N) is 2. The molecule has 4 N–H and O–H groups in total. The molecule has 1 atom stereocenters. The number of H-pyrrole nitrogens is 1. The minimum atomic E-state index is -0.620. The van der Waals surface area contributed by atoms with Gasteiger partial charge in [0.25, 0.3) is 11.5 Å². The van der Waals surface area contributed by atoms with Gasteiger partial charge in [-0.25, -0.2) is 4.98 Å². The number of aromatic nitrogens is 2. The van der Waals surface area contributed by atoms with Crippen molar-refractivity contribution in [3.63, 3.8) is 0 Å². The number of nitrogens with two attached hydrogens (primary N) is 1. The number of terminal acetylenes is 1. The molecule has 0 radical (unpaired) electrons. The van der Waals surface area contributed by atoms with Gasteiger partial charge in [-0.2, -0.15) is 0 Å². The second-order valence-electron chi connectivity index (χ2n) is 6.10. The van der Waals surface area contributed by atoms with E-state index in [1.807, 2.05) is 0 Å². The lowest BCUT2D eigenvalue weighted by atomic mass is 9.86. The first-order chi connectivity index (χ1) is 13.9. The molecule has 10 heteroatoms. The molecule has 0 spiro atoms. The SMILES string of the molecule is C#CCSc1nc2c(c(=O)[nH]1)C(c1ccc(OCC(N)=O)c(OC)c1)CC(=O)N2. The Morgan fingerprint density at radius 3 is 2.90 bits per heavy atom. The third-order valence-electron chi connectivity index (χ3n) is 4.18. The molecule has 2 heterocycles. The number of ether oxygens (including phenoxy) is 2. The standard InChI is InChI=1S/C19H18N4O5S/c1-3-6-29-19-22-17-16(18(26)23-19)11(8-15(25)21-17)10-4-5-12(13(7-10)27-2)28-9-14(20)24/h1,4-5,7,11H,6,8-9H2,2H3,(H2,20,24)(H2,21,22,23,25,26). The maximum absolute atomic E-state index is 12.7. The maximum Gasteiger partial charge on any atom is 0.257 e. The number of primary amides is 1. The topological polar surface area (TPSA) is 136 Å². The molecule has 0 saturated heterocycles. The van der Waals surface area contributed by atoms with Crippen LogP contribution in [0.15, 0.2) is 28.2 Å². The number of nitrogens with zero attached hydrogens (tertiary/aromatic N) is 1. The average Bonchev–Trinajstić information content (AvgIpc) is 2.69. The van der Waals surface area contributed by atoms with Gasteiger partial charge in [-0.1, -0.05) is 23.7 Å². The van der Waals surface area contributed by atoms with E-state index in [1.54, 1.807) is 18.2 Å². The fourth-order valence-electron chi connectivity index (χ4n) is 2.98. The lowest BCUT2D eigenvalue weighted by Gasteiger charge is -2.25. The molecule has 1 aromatic carbocycles. The van der Waals surface area contributed by atoms with Crippen molar-refractivity contribution in [2.75, 3.05) is 24.8 Å². The van der Waals surface area contributed by atoms with E-state index in [0.29, 0.717) is 33.5 Å². The average molecular weight is 414 g/mol. The van der Waals surface area contributed by atoms with Gasteiger partial charge in [0.1, 0.15) is 5.82 Å². The van der Waals surface area contributed by atoms with Gasteiger partial charge in [0.15, 0.2) is 23.3 Å². The number of carbonyl (C=O) groups excluding carboxylic acids is 2. The van der Waals surface area contributed by atoms with Gasteiger partial charge in [0.2, 0.25) is 5.91 Å². The summed E-state index contributed by atoms with van der Waals surface area (Å²) in [7, 11) is 1.45. The number of hydrogen-bond donors (Lipinski definition) is 3. The van der Waals surface area contributed by atoms with Crippen LogP contribution in [-0.4, -0.2) is 41.3 Å². The van der Waals surface area contributed by atoms with Crippen molar-refractivity contribution in [1.82, 2.24) is 9.97 Å². The first kappa shape index (κ1) is 20.3. The number of hydrogen-bond acceptors (Lipinski definition) is 7. The number of anilines is 1. The highest BCUT2D eigenvalue weighted by Gasteiger charge is 2.31. The van der Waals surface area contributed by atoms with Crippen molar-refractivity contribution in [2.24, 2.45) is 5.73 Å². The van der Waals surface area contributed by atoms with Crippen LogP contribution in [0, 0.1) is 12.3 Å². The van der Waals surface area contributed by atoms with Crippen molar-refractivity contribution >= 4 is 29.4 Å². The molecule has 2 amide bonds. The lowest BCUT2D eigenvalue weighted by molar-refractivity contribution is -0.120. The van der Waals surface area contributed by atoms with Gasteiger partial charge >= 0.3 is 0 Å². The number of fused-ring (bicyclic) bond motifs is 1. The van der Waals surface area contributed by atoms with E-state index < -0.39 is 11.8 Å². The number of benzene rings is 1. The summed E-state index contributed by atoms with van der Waals surface area (Å²) in [6, 6.07) is 4.96. The maximum atomic E-state index is 12.7. The van der Waals surface area contributed by atoms with Crippen LogP contribution in [0.25, 0.3) is 0 Å². The first-order valence-corrected chi connectivity index (χ1v) is 9.50. The number of aromatic amines is 1. The van der Waals surface area contributed by atoms with Crippen LogP contribution >= 0.6 is 11.8 Å². The van der Waals surface area contributed by atoms with Crippen molar-refractivity contribution < 1.29 is 19.1 Å². The van der Waals surface area contributed by atoms with Crippen molar-refractivity contribution in [2.45, 2.75) is 17.5 Å². The lowest BCUT2D eigenvalue weighted by Crippen LogP contribution is -2.31. The largest absolute Gasteiger partial charge is 0.493 e. The second kappa shape index (κ2) is 8.70. The van der Waals surface area contributed by atoms with Gasteiger partial charge in [0, 0.05) is 12.3 Å². The summed E-state index contributed by atoms with van der Waals surface area (Å²) in [5.74, 6) is 2.26. The Bertz CT molecular complexity index is 1060. The summed E-state index contributed by atoms with van der Waals surface area (Å²) in [6.45, 7) is -0.300. The molecule has 150 valence electrons. The quantitative estimate of drug-likeness (QED) is 0.347. The molecule has 9 nitrogen and oxygen atoms in total. The fraction of sp³-hybridized carbons (Fsp3) is 0.263. The normalized spacial score (nSPS) is 15.0. The number of amides is 2. The number of rotatable bonds is 7. The van der Waals surface area contributed by atoms with Crippen molar-refractivity contribution in [3.05, 3.63) is 39.7 Å². The number of methoxy groups -OCH3 is 1. The Hall–Kier alpha value is -3.45. The van der Waals surface area contributed by atoms with Gasteiger partial charge in [-0.05, 0) is 17.7 Å². The molecule has 1 aliphatic rings. The number of carbonyl (C=O) groups is 2. The van der Waals surface area contributed by atoms with Crippen LogP contribution in [-0.2, 0) is 9.59 Å². The van der Waals surface area contributed by atoms with Crippen LogP contribution < -0.4 is 26.1 Å². The van der Waals surface area contributed by atoms with Crippen molar-refractivity contribution in [3.8, 4) is 23.8 Å². The minimum Gasteiger partial charge on any atom is -0.493 e. The Labute approximate surface area is 170 Å². The van der Waals surface area contributed by atoms with Gasteiger partial charge < -0.3 is 25.5 Å². The molecule has 1 aliphatic heterocycles. The van der Waals surface area contributed by atoms with Gasteiger partial charge in [-0.15, -0.1) is 6.42 Å². The summed E-state index contributed by atoms with van der Waals surface area (Å²) >= 11 is 1.19. The van der Waals surface area contributed by atoms with Crippen LogP contribution in [0.2, 0.25) is 0 Å². The highest BCUT2D eigenvalue weighted by Crippen LogP contribution is 2.38. The van der Waals surface area contributed by atoms with Gasteiger partial charge in [-0.3, -0.25) is 14.4 Å². The predicted octanol–water partition coefficient (Wildman–Crippen LogP) is 0.842. The molecule has 29 heavy (non-hydrogen) atoms. The summed E-state index contributed by atoms with van der Waals surface area (Å²) in [4.78, 5) is 42.9. The van der Waals surface area contributed by atoms with E-state index in [1.165, 1.54) is 18.9 Å². The Morgan fingerprint density at radius 1 is 1.41 bits per heavy atom. The molecule has 2 aromatic rings. The molecule has 0 bridgehead atoms. The second-order valence-corrected chi connectivity index (χ2v) is 7.06. The summed E-state index contributed by atoms with van der Waals surface area (Å²) in [6.07, 6.45) is 5.31. The van der Waals surface area contributed by atoms with Crippen LogP contribution in [0.5, 0.6) is 11.5 Å². The van der Waals surface area contributed by atoms with E-state index in [4.69, 9.17) is 21.6 Å². The van der Waals surface area contributed by atoms with E-state index in [-0.39, 0.29) is 30.3 Å². The molecule has 3 rings (SSSR count). The monoisotopic (exact) mass is 414 g/mol. The molecule has 0 aliphatic carbocycles. The van der Waals surface area contributed by atoms with Crippen molar-refractivity contribution in [1.29, 1.82) is 0 Å². The molecule has 0 fully saturated rings. The van der Waals surface area contributed by atoms with E-state index in [0.717, 1.165) is 0 Å². The van der Waals surface area contributed by atoms with E-state index >= 15 is 0 Å². The molecular weight excluding hydrogens is 396 g/mol. The molecule has 0 saturated carbocycles. The first-order valence-electron chi connectivity index (χ1n) is 8.52. The van der Waals surface area contributed by atoms with Gasteiger partial charge in [0.05, 0.1) is 18.4 Å². The zero-order chi connectivity index (χ0) is 21.0. The van der Waals surface area contributed by atoms with Crippen LogP contribution in [0.4, 0.5) is 5.82 Å². The molecular formula is C19H18N4O5S. The minimum absolute atomic E-state index is 0.0687. The zero-order valence-electron chi connectivity index (χ0n) is 15.5. The van der Waals surface area contributed by atoms with Crippen LogP contribution in [0.1, 0.15) is 23.5 Å². The summed E-state index contributed by atoms with van der Waals surface area (Å²) in [5, 5.41) is 2.98. The molecule has 1 unspecified atom stereocenters. The highest BCUT2D eigenvalue weighted by atomic mass is 32.2. The number of thioether (sulfide) groups is 1. The molecule has 1 aromatic heterocycles. The fourth-order valence-corrected chi connectivity index (χ4v) is 3.52. The Morgan fingerprint density at radius 2 is 2.21 bits per heavy atom. The van der Waals surface area contributed by atoms with E-state index in [9.17, 15) is 14.4 Å². The predicted molar refractivity (Wildman–Crippen MR) is 107 cm³/mol. The summed E-state index contributed by atoms with van der Waals surface area (Å²) < 4.78 is 10.6. The highest BCUT2D eigenvalue weighted by molar-refractivity contribution is 7.99.